The second-order valence-corrected chi connectivity index (χ2v) is 4.09. The number of nitrogens with zero attached hydrogens (tertiary/aromatic N) is 4. The molecule has 2 heterocycles. The Labute approximate surface area is 105 Å². The van der Waals surface area contributed by atoms with Gasteiger partial charge in [-0.2, -0.15) is 0 Å². The van der Waals surface area contributed by atoms with Gasteiger partial charge < -0.3 is 10.5 Å². The Morgan fingerprint density at radius 2 is 1.78 bits per heavy atom. The van der Waals surface area contributed by atoms with Crippen LogP contribution < -0.4 is 10.5 Å². The molecule has 0 unspecified atom stereocenters. The summed E-state index contributed by atoms with van der Waals surface area (Å²) in [4.78, 5) is 16.7. The Hall–Kier alpha value is -2.24. The lowest BCUT2D eigenvalue weighted by Gasteiger charge is -2.14. The molecule has 0 amide bonds. The standard InChI is InChI=1S/C12H15N5O/c1-7(2)8-9(16-6-17-11(8)13)10-12(18-3)15-5-4-14-10/h4-7H,1-3H3,(H2,13,16,17). The van der Waals surface area contributed by atoms with Crippen molar-refractivity contribution in [3.8, 4) is 17.3 Å². The van der Waals surface area contributed by atoms with Gasteiger partial charge in [-0.05, 0) is 5.92 Å². The van der Waals surface area contributed by atoms with E-state index < -0.39 is 0 Å². The summed E-state index contributed by atoms with van der Waals surface area (Å²) < 4.78 is 5.20. The largest absolute Gasteiger partial charge is 0.479 e. The van der Waals surface area contributed by atoms with Gasteiger partial charge in [-0.25, -0.2) is 19.9 Å². The Kier molecular flexibility index (Phi) is 3.36. The van der Waals surface area contributed by atoms with Crippen LogP contribution >= 0.6 is 0 Å². The van der Waals surface area contributed by atoms with Crippen molar-refractivity contribution in [1.29, 1.82) is 0 Å². The van der Waals surface area contributed by atoms with E-state index in [0.717, 1.165) is 5.56 Å². The minimum Gasteiger partial charge on any atom is -0.479 e. The third-order valence-corrected chi connectivity index (χ3v) is 2.57. The molecule has 0 fully saturated rings. The van der Waals surface area contributed by atoms with Crippen molar-refractivity contribution in [3.05, 3.63) is 24.3 Å². The SMILES string of the molecule is COc1nccnc1-c1ncnc(N)c1C(C)C. The van der Waals surface area contributed by atoms with Crippen LogP contribution in [0.3, 0.4) is 0 Å². The van der Waals surface area contributed by atoms with Crippen molar-refractivity contribution in [2.75, 3.05) is 12.8 Å². The van der Waals surface area contributed by atoms with Crippen molar-refractivity contribution < 1.29 is 4.74 Å². The van der Waals surface area contributed by atoms with E-state index in [1.54, 1.807) is 19.5 Å². The summed E-state index contributed by atoms with van der Waals surface area (Å²) in [5.74, 6) is 1.08. The highest BCUT2D eigenvalue weighted by Crippen LogP contribution is 2.32. The minimum absolute atomic E-state index is 0.188. The van der Waals surface area contributed by atoms with Crippen LogP contribution in [0.25, 0.3) is 11.4 Å². The first kappa shape index (κ1) is 12.2. The molecule has 0 saturated carbocycles. The molecule has 0 spiro atoms. The number of ether oxygens (including phenoxy) is 1. The molecular weight excluding hydrogens is 230 g/mol. The first-order chi connectivity index (χ1) is 8.65. The molecule has 2 N–H and O–H groups in total. The van der Waals surface area contributed by atoms with Crippen molar-refractivity contribution in [2.45, 2.75) is 19.8 Å². The summed E-state index contributed by atoms with van der Waals surface area (Å²) in [6.45, 7) is 4.06. The predicted molar refractivity (Wildman–Crippen MR) is 68.1 cm³/mol. The van der Waals surface area contributed by atoms with Crippen molar-refractivity contribution in [3.63, 3.8) is 0 Å². The van der Waals surface area contributed by atoms with Crippen molar-refractivity contribution in [1.82, 2.24) is 19.9 Å². The lowest BCUT2D eigenvalue weighted by Crippen LogP contribution is -2.06. The third kappa shape index (κ3) is 2.09. The molecule has 18 heavy (non-hydrogen) atoms. The highest BCUT2D eigenvalue weighted by Gasteiger charge is 2.19. The van der Waals surface area contributed by atoms with Gasteiger partial charge in [-0.15, -0.1) is 0 Å². The molecule has 6 nitrogen and oxygen atoms in total. The first-order valence-corrected chi connectivity index (χ1v) is 5.60. The Balaban J connectivity index is 2.67. The van der Waals surface area contributed by atoms with Gasteiger partial charge in [0, 0.05) is 18.0 Å². The van der Waals surface area contributed by atoms with Crippen molar-refractivity contribution in [2.24, 2.45) is 0 Å². The van der Waals surface area contributed by atoms with E-state index in [1.165, 1.54) is 6.33 Å². The number of nitrogen functional groups attached to an aromatic ring is 1. The smallest absolute Gasteiger partial charge is 0.241 e. The monoisotopic (exact) mass is 245 g/mol. The van der Waals surface area contributed by atoms with Crippen molar-refractivity contribution >= 4 is 5.82 Å². The number of hydrogen-bond donors (Lipinski definition) is 1. The van der Waals surface area contributed by atoms with Gasteiger partial charge in [0.1, 0.15) is 17.8 Å². The third-order valence-electron chi connectivity index (χ3n) is 2.57. The summed E-state index contributed by atoms with van der Waals surface area (Å²) in [5.41, 5.74) is 8.02. The minimum atomic E-state index is 0.188. The second kappa shape index (κ2) is 4.95. The maximum absolute atomic E-state index is 5.91. The average molecular weight is 245 g/mol. The van der Waals surface area contributed by atoms with E-state index in [1.807, 2.05) is 13.8 Å². The molecule has 94 valence electrons. The fourth-order valence-electron chi connectivity index (χ4n) is 1.80. The quantitative estimate of drug-likeness (QED) is 0.884. The van der Waals surface area contributed by atoms with Gasteiger partial charge in [0.25, 0.3) is 0 Å². The summed E-state index contributed by atoms with van der Waals surface area (Å²) >= 11 is 0. The van der Waals surface area contributed by atoms with Crippen LogP contribution in [-0.2, 0) is 0 Å². The highest BCUT2D eigenvalue weighted by molar-refractivity contribution is 5.68. The molecule has 0 aliphatic rings. The fraction of sp³-hybridized carbons (Fsp3) is 0.333. The van der Waals surface area contributed by atoms with Crippen LogP contribution in [-0.4, -0.2) is 27.0 Å². The maximum atomic E-state index is 5.91. The lowest BCUT2D eigenvalue weighted by molar-refractivity contribution is 0.397. The molecule has 0 radical (unpaired) electrons. The van der Waals surface area contributed by atoms with Gasteiger partial charge >= 0.3 is 0 Å². The van der Waals surface area contributed by atoms with E-state index in [2.05, 4.69) is 19.9 Å². The van der Waals surface area contributed by atoms with Crippen LogP contribution in [0.15, 0.2) is 18.7 Å². The second-order valence-electron chi connectivity index (χ2n) is 4.09. The number of aromatic nitrogens is 4. The summed E-state index contributed by atoms with van der Waals surface area (Å²) in [6.07, 6.45) is 4.59. The van der Waals surface area contributed by atoms with E-state index in [4.69, 9.17) is 10.5 Å². The van der Waals surface area contributed by atoms with E-state index in [0.29, 0.717) is 23.1 Å². The molecule has 2 aromatic rings. The molecule has 0 atom stereocenters. The van der Waals surface area contributed by atoms with Crippen LogP contribution in [0.5, 0.6) is 5.88 Å². The molecule has 0 bridgehead atoms. The van der Waals surface area contributed by atoms with Crippen LogP contribution in [0, 0.1) is 0 Å². The Morgan fingerprint density at radius 1 is 1.06 bits per heavy atom. The zero-order valence-corrected chi connectivity index (χ0v) is 10.6. The molecule has 0 aromatic carbocycles. The normalized spacial score (nSPS) is 10.7. The number of hydrogen-bond acceptors (Lipinski definition) is 6. The summed E-state index contributed by atoms with van der Waals surface area (Å²) in [6, 6.07) is 0. The molecular formula is C12H15N5O. The molecule has 2 aromatic heterocycles. The summed E-state index contributed by atoms with van der Waals surface area (Å²) in [7, 11) is 1.55. The van der Waals surface area contributed by atoms with Gasteiger partial charge in [-0.3, -0.25) is 0 Å². The molecule has 0 saturated heterocycles. The van der Waals surface area contributed by atoms with E-state index in [-0.39, 0.29) is 5.92 Å². The molecule has 6 heteroatoms. The van der Waals surface area contributed by atoms with Crippen LogP contribution in [0.2, 0.25) is 0 Å². The zero-order chi connectivity index (χ0) is 13.1. The Morgan fingerprint density at radius 3 is 2.44 bits per heavy atom. The first-order valence-electron chi connectivity index (χ1n) is 5.60. The summed E-state index contributed by atoms with van der Waals surface area (Å²) in [5, 5.41) is 0. The van der Waals surface area contributed by atoms with E-state index >= 15 is 0 Å². The number of anilines is 1. The topological polar surface area (TPSA) is 86.8 Å². The molecule has 0 aliphatic carbocycles. The molecule has 2 rings (SSSR count). The highest BCUT2D eigenvalue weighted by atomic mass is 16.5. The number of methoxy groups -OCH3 is 1. The van der Waals surface area contributed by atoms with Gasteiger partial charge in [0.15, 0.2) is 5.69 Å². The average Bonchev–Trinajstić information content (AvgIpc) is 2.38. The predicted octanol–water partition coefficient (Wildman–Crippen LogP) is 1.65. The molecule has 0 aliphatic heterocycles. The number of nitrogens with two attached hydrogens (primary N) is 1. The Bertz CT molecular complexity index is 556. The fourth-order valence-corrected chi connectivity index (χ4v) is 1.80. The zero-order valence-electron chi connectivity index (χ0n) is 10.6. The van der Waals surface area contributed by atoms with Gasteiger partial charge in [0.05, 0.1) is 7.11 Å². The maximum Gasteiger partial charge on any atom is 0.241 e. The lowest BCUT2D eigenvalue weighted by atomic mass is 10.0. The van der Waals surface area contributed by atoms with Crippen LogP contribution in [0.1, 0.15) is 25.3 Å². The number of rotatable bonds is 3. The van der Waals surface area contributed by atoms with Gasteiger partial charge in [-0.1, -0.05) is 13.8 Å². The van der Waals surface area contributed by atoms with E-state index in [9.17, 15) is 0 Å². The van der Waals surface area contributed by atoms with Gasteiger partial charge in [0.2, 0.25) is 5.88 Å². The van der Waals surface area contributed by atoms with Crippen LogP contribution in [0.4, 0.5) is 5.82 Å².